The van der Waals surface area contributed by atoms with Crippen molar-refractivity contribution in [1.29, 1.82) is 0 Å². The van der Waals surface area contributed by atoms with Crippen LogP contribution in [0.4, 0.5) is 0 Å². The molecule has 16 heavy (non-hydrogen) atoms. The van der Waals surface area contributed by atoms with E-state index in [1.165, 1.54) is 41.2 Å². The van der Waals surface area contributed by atoms with Crippen molar-refractivity contribution >= 4 is 22.6 Å². The maximum absolute atomic E-state index is 3.46. The Morgan fingerprint density at radius 3 is 2.56 bits per heavy atom. The maximum Gasteiger partial charge on any atom is 0.0130 e. The van der Waals surface area contributed by atoms with E-state index in [0.717, 1.165) is 12.0 Å². The maximum atomic E-state index is 3.46. The summed E-state index contributed by atoms with van der Waals surface area (Å²) in [5.74, 6) is 0.974. The second-order valence-electron chi connectivity index (χ2n) is 4.75. The normalized spacial score (nSPS) is 17.4. The summed E-state index contributed by atoms with van der Waals surface area (Å²) in [6, 6.07) is 9.68. The molecule has 88 valence electrons. The van der Waals surface area contributed by atoms with Crippen LogP contribution in [0.2, 0.25) is 0 Å². The van der Waals surface area contributed by atoms with Crippen LogP contribution in [0.1, 0.15) is 31.2 Å². The Labute approximate surface area is 112 Å². The molecule has 2 heteroatoms. The fourth-order valence-corrected chi connectivity index (χ4v) is 2.65. The third-order valence-electron chi connectivity index (χ3n) is 3.46. The summed E-state index contributed by atoms with van der Waals surface area (Å²) >= 11 is 2.36. The number of benzene rings is 1. The summed E-state index contributed by atoms with van der Waals surface area (Å²) in [5, 5.41) is 3.46. The van der Waals surface area contributed by atoms with Gasteiger partial charge < -0.3 is 5.32 Å². The summed E-state index contributed by atoms with van der Waals surface area (Å²) in [4.78, 5) is 0. The molecule has 2 rings (SSSR count). The van der Waals surface area contributed by atoms with E-state index in [-0.39, 0.29) is 0 Å². The van der Waals surface area contributed by atoms with Crippen molar-refractivity contribution in [3.8, 4) is 0 Å². The zero-order valence-electron chi connectivity index (χ0n) is 9.88. The zero-order valence-corrected chi connectivity index (χ0v) is 12.0. The Balaban J connectivity index is 1.72. The van der Waals surface area contributed by atoms with E-state index in [0.29, 0.717) is 0 Å². The van der Waals surface area contributed by atoms with Gasteiger partial charge in [0.25, 0.3) is 0 Å². The Hall–Kier alpha value is -0.0900. The van der Waals surface area contributed by atoms with E-state index in [4.69, 9.17) is 0 Å². The number of hydrogen-bond donors (Lipinski definition) is 1. The second-order valence-corrected chi connectivity index (χ2v) is 6.00. The molecule has 0 saturated heterocycles. The third-order valence-corrected chi connectivity index (χ3v) is 4.17. The van der Waals surface area contributed by atoms with Crippen LogP contribution in [-0.4, -0.2) is 13.1 Å². The highest BCUT2D eigenvalue weighted by Crippen LogP contribution is 2.34. The number of nitrogens with one attached hydrogen (secondary N) is 1. The third kappa shape index (κ3) is 3.74. The van der Waals surface area contributed by atoms with Gasteiger partial charge in [0.15, 0.2) is 0 Å². The van der Waals surface area contributed by atoms with Gasteiger partial charge in [0.2, 0.25) is 0 Å². The molecule has 0 aliphatic heterocycles. The Kier molecular flexibility index (Phi) is 4.65. The van der Waals surface area contributed by atoms with Gasteiger partial charge >= 0.3 is 0 Å². The van der Waals surface area contributed by atoms with Crippen LogP contribution in [-0.2, 0) is 6.42 Å². The molecule has 1 aromatic rings. The van der Waals surface area contributed by atoms with Crippen molar-refractivity contribution in [2.45, 2.75) is 38.1 Å². The number of rotatable bonds is 6. The van der Waals surface area contributed by atoms with Gasteiger partial charge in [-0.05, 0) is 85.4 Å². The molecule has 1 aliphatic rings. The van der Waals surface area contributed by atoms with Crippen molar-refractivity contribution in [3.63, 3.8) is 0 Å². The van der Waals surface area contributed by atoms with Crippen LogP contribution < -0.4 is 5.32 Å². The molecule has 0 heterocycles. The van der Waals surface area contributed by atoms with E-state index in [1.54, 1.807) is 0 Å². The predicted octanol–water partition coefficient (Wildman–Crippen LogP) is 3.61. The first-order valence-corrected chi connectivity index (χ1v) is 7.29. The molecule has 1 N–H and O–H groups in total. The van der Waals surface area contributed by atoms with Gasteiger partial charge in [-0.2, -0.15) is 0 Å². The van der Waals surface area contributed by atoms with Crippen LogP contribution >= 0.6 is 22.6 Å². The first kappa shape index (κ1) is 12.4. The fraction of sp³-hybridized carbons (Fsp3) is 0.571. The molecule has 0 aromatic heterocycles. The predicted molar refractivity (Wildman–Crippen MR) is 77.7 cm³/mol. The van der Waals surface area contributed by atoms with Gasteiger partial charge in [0.05, 0.1) is 0 Å². The van der Waals surface area contributed by atoms with Crippen LogP contribution in [0.25, 0.3) is 0 Å². The van der Waals surface area contributed by atoms with E-state index in [9.17, 15) is 0 Å². The molecular weight excluding hydrogens is 309 g/mol. The van der Waals surface area contributed by atoms with Crippen molar-refractivity contribution in [2.24, 2.45) is 5.92 Å². The monoisotopic (exact) mass is 329 g/mol. The standard InChI is InChI=1S/C14H20IN/c1-16-14(12-7-8-12)4-2-3-11-5-9-13(15)10-6-11/h5-6,9-10,12,14,16H,2-4,7-8H2,1H3. The summed E-state index contributed by atoms with van der Waals surface area (Å²) in [6.07, 6.45) is 6.74. The molecule has 1 fully saturated rings. The van der Waals surface area contributed by atoms with Gasteiger partial charge in [-0.3, -0.25) is 0 Å². The quantitative estimate of drug-likeness (QED) is 0.786. The molecule has 0 radical (unpaired) electrons. The van der Waals surface area contributed by atoms with Gasteiger partial charge in [-0.15, -0.1) is 0 Å². The highest BCUT2D eigenvalue weighted by atomic mass is 127. The lowest BCUT2D eigenvalue weighted by Crippen LogP contribution is -2.27. The molecule has 1 atom stereocenters. The molecule has 0 spiro atoms. The fourth-order valence-electron chi connectivity index (χ4n) is 2.29. The molecular formula is C14H20IN. The van der Waals surface area contributed by atoms with E-state index < -0.39 is 0 Å². The average Bonchev–Trinajstić information content (AvgIpc) is 3.11. The van der Waals surface area contributed by atoms with Crippen LogP contribution in [0.3, 0.4) is 0 Å². The minimum atomic E-state index is 0.767. The van der Waals surface area contributed by atoms with Crippen LogP contribution in [0.15, 0.2) is 24.3 Å². The summed E-state index contributed by atoms with van der Waals surface area (Å²) in [6.45, 7) is 0. The first-order chi connectivity index (χ1) is 7.79. The Morgan fingerprint density at radius 2 is 2.00 bits per heavy atom. The lowest BCUT2D eigenvalue weighted by atomic mass is 10.0. The average molecular weight is 329 g/mol. The highest BCUT2D eigenvalue weighted by Gasteiger charge is 2.29. The minimum absolute atomic E-state index is 0.767. The summed E-state index contributed by atoms with van der Waals surface area (Å²) in [5.41, 5.74) is 1.48. The highest BCUT2D eigenvalue weighted by molar-refractivity contribution is 14.1. The summed E-state index contributed by atoms with van der Waals surface area (Å²) in [7, 11) is 2.11. The molecule has 0 amide bonds. The summed E-state index contributed by atoms with van der Waals surface area (Å²) < 4.78 is 1.33. The molecule has 1 aromatic carbocycles. The number of halogens is 1. The van der Waals surface area contributed by atoms with Crippen molar-refractivity contribution in [3.05, 3.63) is 33.4 Å². The van der Waals surface area contributed by atoms with E-state index >= 15 is 0 Å². The largest absolute Gasteiger partial charge is 0.317 e. The van der Waals surface area contributed by atoms with E-state index in [2.05, 4.69) is 59.2 Å². The SMILES string of the molecule is CNC(CCCc1ccc(I)cc1)C1CC1. The molecule has 1 unspecified atom stereocenters. The minimum Gasteiger partial charge on any atom is -0.317 e. The Bertz CT molecular complexity index is 316. The second kappa shape index (κ2) is 6.01. The Morgan fingerprint density at radius 1 is 1.31 bits per heavy atom. The molecule has 1 saturated carbocycles. The molecule has 1 nitrogen and oxygen atoms in total. The lowest BCUT2D eigenvalue weighted by molar-refractivity contribution is 0.456. The van der Waals surface area contributed by atoms with Gasteiger partial charge in [0, 0.05) is 9.61 Å². The topological polar surface area (TPSA) is 12.0 Å². The first-order valence-electron chi connectivity index (χ1n) is 6.21. The smallest absolute Gasteiger partial charge is 0.0130 e. The number of hydrogen-bond acceptors (Lipinski definition) is 1. The van der Waals surface area contributed by atoms with Gasteiger partial charge in [0.1, 0.15) is 0 Å². The van der Waals surface area contributed by atoms with Gasteiger partial charge in [-0.1, -0.05) is 12.1 Å². The van der Waals surface area contributed by atoms with Crippen molar-refractivity contribution < 1.29 is 0 Å². The molecule has 0 bridgehead atoms. The molecule has 1 aliphatic carbocycles. The van der Waals surface area contributed by atoms with Crippen molar-refractivity contribution in [1.82, 2.24) is 5.32 Å². The lowest BCUT2D eigenvalue weighted by Gasteiger charge is -2.14. The van der Waals surface area contributed by atoms with Crippen LogP contribution in [0.5, 0.6) is 0 Å². The van der Waals surface area contributed by atoms with Crippen molar-refractivity contribution in [2.75, 3.05) is 7.05 Å². The van der Waals surface area contributed by atoms with Gasteiger partial charge in [-0.25, -0.2) is 0 Å². The number of aryl methyl sites for hydroxylation is 1. The van der Waals surface area contributed by atoms with E-state index in [1.807, 2.05) is 0 Å². The van der Waals surface area contributed by atoms with Crippen LogP contribution in [0, 0.1) is 9.49 Å². The zero-order chi connectivity index (χ0) is 11.4.